The molecule has 4 rings (SSSR count). The first-order valence-corrected chi connectivity index (χ1v) is 10.7. The number of carbonyl (C=O) groups is 1. The van der Waals surface area contributed by atoms with E-state index in [0.717, 1.165) is 51.0 Å². The zero-order chi connectivity index (χ0) is 20.4. The van der Waals surface area contributed by atoms with Gasteiger partial charge < -0.3 is 15.1 Å². The smallest absolute Gasteiger partial charge is 0.221 e. The summed E-state index contributed by atoms with van der Waals surface area (Å²) in [6.45, 7) is 7.07. The number of piperidine rings is 1. The highest BCUT2D eigenvalue weighted by atomic mass is 19.1. The van der Waals surface area contributed by atoms with Crippen LogP contribution in [0.5, 0.6) is 0 Å². The molecule has 0 bridgehead atoms. The Morgan fingerprint density at radius 3 is 2.55 bits per heavy atom. The van der Waals surface area contributed by atoms with Crippen molar-refractivity contribution in [3.63, 3.8) is 0 Å². The van der Waals surface area contributed by atoms with E-state index in [0.29, 0.717) is 12.1 Å². The number of likely N-dealkylation sites (tertiary alicyclic amines) is 1. The summed E-state index contributed by atoms with van der Waals surface area (Å²) >= 11 is 0. The van der Waals surface area contributed by atoms with E-state index in [4.69, 9.17) is 0 Å². The Morgan fingerprint density at radius 2 is 1.86 bits per heavy atom. The van der Waals surface area contributed by atoms with E-state index in [1.807, 2.05) is 18.2 Å². The van der Waals surface area contributed by atoms with Gasteiger partial charge in [-0.05, 0) is 68.0 Å². The molecule has 2 heterocycles. The molecule has 1 fully saturated rings. The van der Waals surface area contributed by atoms with Gasteiger partial charge in [-0.25, -0.2) is 4.39 Å². The largest absolute Gasteiger partial charge is 0.365 e. The van der Waals surface area contributed by atoms with Gasteiger partial charge in [0.25, 0.3) is 0 Å². The fourth-order valence-corrected chi connectivity index (χ4v) is 4.83. The molecule has 154 valence electrons. The number of rotatable bonds is 5. The zero-order valence-corrected chi connectivity index (χ0v) is 17.3. The molecule has 1 N–H and O–H groups in total. The van der Waals surface area contributed by atoms with E-state index in [1.54, 1.807) is 19.1 Å². The van der Waals surface area contributed by atoms with Gasteiger partial charge in [-0.1, -0.05) is 18.2 Å². The lowest BCUT2D eigenvalue weighted by Gasteiger charge is -2.40. The number of amides is 1. The van der Waals surface area contributed by atoms with Gasteiger partial charge in [0.05, 0.1) is 0 Å². The molecule has 2 aliphatic rings. The lowest BCUT2D eigenvalue weighted by molar-refractivity contribution is -0.114. The Labute approximate surface area is 172 Å². The van der Waals surface area contributed by atoms with E-state index in [1.165, 1.54) is 16.8 Å². The molecule has 1 amide bonds. The average molecular weight is 396 g/mol. The summed E-state index contributed by atoms with van der Waals surface area (Å²) in [6.07, 6.45) is 4.34. The normalized spacial score (nSPS) is 20.0. The zero-order valence-electron chi connectivity index (χ0n) is 17.3. The molecule has 2 aromatic rings. The third-order valence-electron chi connectivity index (χ3n) is 6.25. The lowest BCUT2D eigenvalue weighted by Crippen LogP contribution is -2.47. The first kappa shape index (κ1) is 19.9. The van der Waals surface area contributed by atoms with Crippen molar-refractivity contribution in [3.8, 4) is 0 Å². The number of benzene rings is 2. The molecule has 0 saturated carbocycles. The van der Waals surface area contributed by atoms with Crippen LogP contribution in [0.1, 0.15) is 37.8 Å². The van der Waals surface area contributed by atoms with Crippen LogP contribution in [-0.4, -0.2) is 42.5 Å². The van der Waals surface area contributed by atoms with Crippen molar-refractivity contribution >= 4 is 17.3 Å². The van der Waals surface area contributed by atoms with Crippen molar-refractivity contribution in [1.29, 1.82) is 0 Å². The standard InChI is InChI=1S/C24H30FN3O/c1-17-15-20-5-8-22(26-18(2)29)16-24(20)28(17)23-10-13-27(14-11-23)12-9-19-3-6-21(25)7-4-19/h3-8,16-17,23H,9-15H2,1-2H3,(H,26,29). The molecule has 2 aromatic carbocycles. The van der Waals surface area contributed by atoms with Crippen LogP contribution >= 0.6 is 0 Å². The fourth-order valence-electron chi connectivity index (χ4n) is 4.83. The van der Waals surface area contributed by atoms with Gasteiger partial charge in [0, 0.05) is 50.0 Å². The Hall–Kier alpha value is -2.40. The van der Waals surface area contributed by atoms with Gasteiger partial charge in [-0.15, -0.1) is 0 Å². The van der Waals surface area contributed by atoms with E-state index in [-0.39, 0.29) is 11.7 Å². The second kappa shape index (κ2) is 8.54. The minimum absolute atomic E-state index is 0.0305. The summed E-state index contributed by atoms with van der Waals surface area (Å²) in [7, 11) is 0. The molecule has 1 atom stereocenters. The third-order valence-corrected chi connectivity index (χ3v) is 6.25. The van der Waals surface area contributed by atoms with Crippen LogP contribution < -0.4 is 10.2 Å². The average Bonchev–Trinajstić information content (AvgIpc) is 3.02. The minimum Gasteiger partial charge on any atom is -0.365 e. The summed E-state index contributed by atoms with van der Waals surface area (Å²) in [4.78, 5) is 16.5. The molecule has 4 nitrogen and oxygen atoms in total. The predicted octanol–water partition coefficient (Wildman–Crippen LogP) is 4.24. The summed E-state index contributed by atoms with van der Waals surface area (Å²) in [5, 5.41) is 2.92. The van der Waals surface area contributed by atoms with Gasteiger partial charge >= 0.3 is 0 Å². The first-order valence-electron chi connectivity index (χ1n) is 10.7. The number of fused-ring (bicyclic) bond motifs is 1. The van der Waals surface area contributed by atoms with Crippen molar-refractivity contribution in [2.75, 3.05) is 29.9 Å². The van der Waals surface area contributed by atoms with E-state index in [2.05, 4.69) is 34.2 Å². The van der Waals surface area contributed by atoms with Crippen LogP contribution in [0.3, 0.4) is 0 Å². The highest BCUT2D eigenvalue weighted by Gasteiger charge is 2.33. The van der Waals surface area contributed by atoms with Gasteiger partial charge in [-0.3, -0.25) is 4.79 Å². The number of halogens is 1. The maximum Gasteiger partial charge on any atom is 0.221 e. The summed E-state index contributed by atoms with van der Waals surface area (Å²) in [5.74, 6) is -0.201. The monoisotopic (exact) mass is 395 g/mol. The highest BCUT2D eigenvalue weighted by molar-refractivity contribution is 5.89. The molecule has 2 aliphatic heterocycles. The number of carbonyl (C=O) groups excluding carboxylic acids is 1. The minimum atomic E-state index is -0.170. The number of hydrogen-bond acceptors (Lipinski definition) is 3. The Morgan fingerprint density at radius 1 is 1.14 bits per heavy atom. The predicted molar refractivity (Wildman–Crippen MR) is 116 cm³/mol. The molecule has 29 heavy (non-hydrogen) atoms. The third kappa shape index (κ3) is 4.61. The molecule has 0 spiro atoms. The van der Waals surface area contributed by atoms with Crippen molar-refractivity contribution in [1.82, 2.24) is 4.90 Å². The molecular weight excluding hydrogens is 365 g/mol. The molecular formula is C24H30FN3O. The highest BCUT2D eigenvalue weighted by Crippen LogP contribution is 2.38. The Kier molecular flexibility index (Phi) is 5.86. The maximum absolute atomic E-state index is 13.1. The second-order valence-corrected chi connectivity index (χ2v) is 8.43. The van der Waals surface area contributed by atoms with Crippen molar-refractivity contribution < 1.29 is 9.18 Å². The SMILES string of the molecule is CC(=O)Nc1ccc2c(c1)N(C1CCN(CCc3ccc(F)cc3)CC1)C(C)C2. The summed E-state index contributed by atoms with van der Waals surface area (Å²) < 4.78 is 13.1. The topological polar surface area (TPSA) is 35.6 Å². The van der Waals surface area contributed by atoms with Gasteiger partial charge in [0.15, 0.2) is 0 Å². The van der Waals surface area contributed by atoms with Crippen LogP contribution in [0.25, 0.3) is 0 Å². The van der Waals surface area contributed by atoms with Crippen molar-refractivity contribution in [3.05, 3.63) is 59.4 Å². The van der Waals surface area contributed by atoms with E-state index < -0.39 is 0 Å². The number of anilines is 2. The van der Waals surface area contributed by atoms with Crippen molar-refractivity contribution in [2.24, 2.45) is 0 Å². The fraction of sp³-hybridized carbons (Fsp3) is 0.458. The summed E-state index contributed by atoms with van der Waals surface area (Å²) in [5.41, 5.74) is 4.74. The molecule has 0 aliphatic carbocycles. The molecule has 1 saturated heterocycles. The summed E-state index contributed by atoms with van der Waals surface area (Å²) in [6, 6.07) is 14.2. The Bertz CT molecular complexity index is 859. The first-order chi connectivity index (χ1) is 14.0. The number of nitrogens with one attached hydrogen (secondary N) is 1. The maximum atomic E-state index is 13.1. The van der Waals surface area contributed by atoms with Gasteiger partial charge in [0.1, 0.15) is 5.82 Å². The quantitative estimate of drug-likeness (QED) is 0.822. The van der Waals surface area contributed by atoms with Crippen LogP contribution in [0.2, 0.25) is 0 Å². The van der Waals surface area contributed by atoms with Gasteiger partial charge in [0.2, 0.25) is 5.91 Å². The van der Waals surface area contributed by atoms with Crippen molar-refractivity contribution in [2.45, 2.75) is 51.6 Å². The number of hydrogen-bond donors (Lipinski definition) is 1. The Balaban J connectivity index is 1.36. The van der Waals surface area contributed by atoms with Crippen LogP contribution in [0.4, 0.5) is 15.8 Å². The van der Waals surface area contributed by atoms with Gasteiger partial charge in [-0.2, -0.15) is 0 Å². The van der Waals surface area contributed by atoms with Crippen LogP contribution in [0.15, 0.2) is 42.5 Å². The van der Waals surface area contributed by atoms with Crippen LogP contribution in [0, 0.1) is 5.82 Å². The van der Waals surface area contributed by atoms with Crippen LogP contribution in [-0.2, 0) is 17.6 Å². The van der Waals surface area contributed by atoms with E-state index in [9.17, 15) is 9.18 Å². The second-order valence-electron chi connectivity index (χ2n) is 8.43. The number of nitrogens with zero attached hydrogens (tertiary/aromatic N) is 2. The molecule has 5 heteroatoms. The lowest BCUT2D eigenvalue weighted by atomic mass is 10.0. The van der Waals surface area contributed by atoms with E-state index >= 15 is 0 Å². The molecule has 0 radical (unpaired) electrons. The molecule has 1 unspecified atom stereocenters. The molecule has 0 aromatic heterocycles.